The maximum absolute atomic E-state index is 11.6. The topological polar surface area (TPSA) is 82.5 Å². The van der Waals surface area contributed by atoms with Crippen molar-refractivity contribution in [2.75, 3.05) is 26.0 Å². The van der Waals surface area contributed by atoms with Gasteiger partial charge in [-0.1, -0.05) is 6.92 Å². The third-order valence-electron chi connectivity index (χ3n) is 2.43. The standard InChI is InChI=1S/C12H17N3O3/c1-8(12(17)18)6-13-10-5-4-9(7-14-10)11(16)15(2)3/h4-5,7-8H,6H2,1-3H3,(H,13,14)(H,17,18). The molecule has 0 aromatic carbocycles. The predicted molar refractivity (Wildman–Crippen MR) is 67.5 cm³/mol. The minimum atomic E-state index is -0.859. The SMILES string of the molecule is CC(CNc1ccc(C(=O)N(C)C)cn1)C(=O)O. The first kappa shape index (κ1) is 14.0. The second-order valence-electron chi connectivity index (χ2n) is 4.25. The van der Waals surface area contributed by atoms with Gasteiger partial charge in [-0.2, -0.15) is 0 Å². The highest BCUT2D eigenvalue weighted by atomic mass is 16.4. The summed E-state index contributed by atoms with van der Waals surface area (Å²) in [4.78, 5) is 27.8. The second kappa shape index (κ2) is 6.00. The van der Waals surface area contributed by atoms with Crippen LogP contribution in [0.25, 0.3) is 0 Å². The normalized spacial score (nSPS) is 11.7. The lowest BCUT2D eigenvalue weighted by Crippen LogP contribution is -2.22. The van der Waals surface area contributed by atoms with Crippen LogP contribution in [0.1, 0.15) is 17.3 Å². The highest BCUT2D eigenvalue weighted by molar-refractivity contribution is 5.93. The van der Waals surface area contributed by atoms with E-state index in [0.717, 1.165) is 0 Å². The third-order valence-corrected chi connectivity index (χ3v) is 2.43. The van der Waals surface area contributed by atoms with Crippen LogP contribution in [0.2, 0.25) is 0 Å². The summed E-state index contributed by atoms with van der Waals surface area (Å²) in [6, 6.07) is 3.31. The molecular weight excluding hydrogens is 234 g/mol. The number of amides is 1. The number of nitrogens with one attached hydrogen (secondary N) is 1. The average Bonchev–Trinajstić information content (AvgIpc) is 2.35. The number of nitrogens with zero attached hydrogens (tertiary/aromatic N) is 2. The summed E-state index contributed by atoms with van der Waals surface area (Å²) in [5, 5.41) is 11.6. The van der Waals surface area contributed by atoms with Crippen molar-refractivity contribution in [3.05, 3.63) is 23.9 Å². The average molecular weight is 251 g/mol. The molecule has 0 spiro atoms. The fraction of sp³-hybridized carbons (Fsp3) is 0.417. The molecule has 1 rings (SSSR count). The number of carbonyl (C=O) groups excluding carboxylic acids is 1. The van der Waals surface area contributed by atoms with Crippen LogP contribution in [0.5, 0.6) is 0 Å². The van der Waals surface area contributed by atoms with Crippen molar-refractivity contribution >= 4 is 17.7 Å². The Kier molecular flexibility index (Phi) is 4.65. The summed E-state index contributed by atoms with van der Waals surface area (Å²) in [7, 11) is 3.34. The van der Waals surface area contributed by atoms with Crippen LogP contribution in [0.3, 0.4) is 0 Å². The molecule has 0 aliphatic rings. The molecule has 1 unspecified atom stereocenters. The fourth-order valence-corrected chi connectivity index (χ4v) is 1.23. The molecular formula is C12H17N3O3. The van der Waals surface area contributed by atoms with Gasteiger partial charge in [0, 0.05) is 26.8 Å². The van der Waals surface area contributed by atoms with Gasteiger partial charge >= 0.3 is 5.97 Å². The van der Waals surface area contributed by atoms with Crippen molar-refractivity contribution < 1.29 is 14.7 Å². The number of hydrogen-bond donors (Lipinski definition) is 2. The third kappa shape index (κ3) is 3.73. The van der Waals surface area contributed by atoms with E-state index in [1.165, 1.54) is 11.1 Å². The molecule has 0 saturated carbocycles. The van der Waals surface area contributed by atoms with Gasteiger partial charge in [0.25, 0.3) is 5.91 Å². The highest BCUT2D eigenvalue weighted by Gasteiger charge is 2.11. The number of hydrogen-bond acceptors (Lipinski definition) is 4. The van der Waals surface area contributed by atoms with Gasteiger partial charge in [-0.3, -0.25) is 9.59 Å². The van der Waals surface area contributed by atoms with Crippen LogP contribution in [0.15, 0.2) is 18.3 Å². The minimum Gasteiger partial charge on any atom is -0.481 e. The van der Waals surface area contributed by atoms with E-state index >= 15 is 0 Å². The molecule has 6 heteroatoms. The molecule has 1 amide bonds. The summed E-state index contributed by atoms with van der Waals surface area (Å²) in [6.07, 6.45) is 1.47. The van der Waals surface area contributed by atoms with E-state index in [1.54, 1.807) is 33.2 Å². The number of pyridine rings is 1. The van der Waals surface area contributed by atoms with E-state index in [9.17, 15) is 9.59 Å². The van der Waals surface area contributed by atoms with Crippen LogP contribution >= 0.6 is 0 Å². The molecule has 98 valence electrons. The number of carboxylic acid groups (broad SMARTS) is 1. The largest absolute Gasteiger partial charge is 0.481 e. The summed E-state index contributed by atoms with van der Waals surface area (Å²) in [5.74, 6) is -0.914. The molecule has 18 heavy (non-hydrogen) atoms. The van der Waals surface area contributed by atoms with Gasteiger partial charge < -0.3 is 15.3 Å². The van der Waals surface area contributed by atoms with Gasteiger partial charge in [0.2, 0.25) is 0 Å². The molecule has 0 aliphatic heterocycles. The van der Waals surface area contributed by atoms with Crippen LogP contribution < -0.4 is 5.32 Å². The van der Waals surface area contributed by atoms with Gasteiger partial charge in [0.15, 0.2) is 0 Å². The Labute approximate surface area is 106 Å². The number of aromatic nitrogens is 1. The second-order valence-corrected chi connectivity index (χ2v) is 4.25. The summed E-state index contributed by atoms with van der Waals surface area (Å²) in [6.45, 7) is 1.91. The minimum absolute atomic E-state index is 0.118. The lowest BCUT2D eigenvalue weighted by molar-refractivity contribution is -0.140. The number of anilines is 1. The van der Waals surface area contributed by atoms with Crippen molar-refractivity contribution in [3.8, 4) is 0 Å². The maximum Gasteiger partial charge on any atom is 0.308 e. The van der Waals surface area contributed by atoms with Gasteiger partial charge in [0.1, 0.15) is 5.82 Å². The number of carbonyl (C=O) groups is 2. The Bertz CT molecular complexity index is 429. The first-order valence-corrected chi connectivity index (χ1v) is 5.56. The predicted octanol–water partition coefficient (Wildman–Crippen LogP) is 0.916. The monoisotopic (exact) mass is 251 g/mol. The van der Waals surface area contributed by atoms with Crippen LogP contribution in [-0.4, -0.2) is 47.5 Å². The van der Waals surface area contributed by atoms with Crippen molar-refractivity contribution in [1.29, 1.82) is 0 Å². The zero-order valence-corrected chi connectivity index (χ0v) is 10.7. The Morgan fingerprint density at radius 3 is 2.56 bits per heavy atom. The molecule has 0 radical (unpaired) electrons. The fourth-order valence-electron chi connectivity index (χ4n) is 1.23. The molecule has 1 aromatic rings. The van der Waals surface area contributed by atoms with Crippen molar-refractivity contribution in [1.82, 2.24) is 9.88 Å². The van der Waals surface area contributed by atoms with Crippen molar-refractivity contribution in [2.24, 2.45) is 5.92 Å². The van der Waals surface area contributed by atoms with Gasteiger partial charge in [-0.25, -0.2) is 4.98 Å². The molecule has 2 N–H and O–H groups in total. The van der Waals surface area contributed by atoms with Crippen molar-refractivity contribution in [3.63, 3.8) is 0 Å². The molecule has 0 fully saturated rings. The number of aliphatic carboxylic acids is 1. The number of rotatable bonds is 5. The van der Waals surface area contributed by atoms with E-state index in [4.69, 9.17) is 5.11 Å². The highest BCUT2D eigenvalue weighted by Crippen LogP contribution is 2.07. The van der Waals surface area contributed by atoms with E-state index < -0.39 is 11.9 Å². The molecule has 1 aromatic heterocycles. The van der Waals surface area contributed by atoms with Crippen LogP contribution in [0.4, 0.5) is 5.82 Å². The molecule has 0 aliphatic carbocycles. The molecule has 6 nitrogen and oxygen atoms in total. The van der Waals surface area contributed by atoms with E-state index in [1.807, 2.05) is 0 Å². The molecule has 0 saturated heterocycles. The Morgan fingerprint density at radius 1 is 1.44 bits per heavy atom. The van der Waals surface area contributed by atoms with E-state index in [-0.39, 0.29) is 5.91 Å². The van der Waals surface area contributed by atoms with E-state index in [0.29, 0.717) is 17.9 Å². The quantitative estimate of drug-likeness (QED) is 0.813. The summed E-state index contributed by atoms with van der Waals surface area (Å²) < 4.78 is 0. The zero-order valence-electron chi connectivity index (χ0n) is 10.7. The maximum atomic E-state index is 11.6. The first-order valence-electron chi connectivity index (χ1n) is 5.56. The van der Waals surface area contributed by atoms with Crippen molar-refractivity contribution in [2.45, 2.75) is 6.92 Å². The van der Waals surface area contributed by atoms with Gasteiger partial charge in [-0.15, -0.1) is 0 Å². The van der Waals surface area contributed by atoms with Gasteiger partial charge in [0.05, 0.1) is 11.5 Å². The number of carboxylic acids is 1. The zero-order chi connectivity index (χ0) is 13.7. The first-order chi connectivity index (χ1) is 8.41. The molecule has 1 heterocycles. The summed E-state index contributed by atoms with van der Waals surface area (Å²) >= 11 is 0. The van der Waals surface area contributed by atoms with Gasteiger partial charge in [-0.05, 0) is 12.1 Å². The Morgan fingerprint density at radius 2 is 2.11 bits per heavy atom. The lowest BCUT2D eigenvalue weighted by Gasteiger charge is -2.11. The van der Waals surface area contributed by atoms with Crippen LogP contribution in [-0.2, 0) is 4.79 Å². The lowest BCUT2D eigenvalue weighted by atomic mass is 10.2. The Balaban J connectivity index is 2.61. The Hall–Kier alpha value is -2.11. The van der Waals surface area contributed by atoms with E-state index in [2.05, 4.69) is 10.3 Å². The van der Waals surface area contributed by atoms with Crippen LogP contribution in [0, 0.1) is 5.92 Å². The smallest absolute Gasteiger partial charge is 0.308 e. The molecule has 1 atom stereocenters. The summed E-state index contributed by atoms with van der Waals surface area (Å²) in [5.41, 5.74) is 0.497. The molecule has 0 bridgehead atoms.